The third kappa shape index (κ3) is 3.49. The van der Waals surface area contributed by atoms with E-state index in [1.165, 1.54) is 66.1 Å². The Morgan fingerprint density at radius 3 is 1.56 bits per heavy atom. The fourth-order valence-corrected chi connectivity index (χ4v) is 6.49. The van der Waals surface area contributed by atoms with E-state index < -0.39 is 0 Å². The maximum absolute atomic E-state index is 2.49. The molecule has 5 aromatic carbocycles. The van der Waals surface area contributed by atoms with Gasteiger partial charge < -0.3 is 9.13 Å². The molecule has 0 unspecified atom stereocenters. The lowest BCUT2D eigenvalue weighted by Gasteiger charge is -2.13. The topological polar surface area (TPSA) is 9.86 Å². The first kappa shape index (κ1) is 22.2. The highest BCUT2D eigenvalue weighted by molar-refractivity contribution is 6.11. The van der Waals surface area contributed by atoms with Gasteiger partial charge in [-0.2, -0.15) is 0 Å². The van der Waals surface area contributed by atoms with Crippen LogP contribution in [-0.4, -0.2) is 9.13 Å². The van der Waals surface area contributed by atoms with E-state index in [0.717, 1.165) is 19.3 Å². The van der Waals surface area contributed by atoms with Gasteiger partial charge in [-0.3, -0.25) is 0 Å². The lowest BCUT2D eigenvalue weighted by atomic mass is 10.0. The second-order valence-electron chi connectivity index (χ2n) is 10.5. The summed E-state index contributed by atoms with van der Waals surface area (Å²) in [6.07, 6.45) is 8.12. The van der Waals surface area contributed by atoms with Crippen LogP contribution in [-0.2, 0) is 0 Å². The maximum atomic E-state index is 2.49. The lowest BCUT2D eigenvalue weighted by Crippen LogP contribution is -1.98. The van der Waals surface area contributed by atoms with E-state index in [4.69, 9.17) is 0 Å². The number of fused-ring (bicyclic) bond motifs is 6. The van der Waals surface area contributed by atoms with Crippen molar-refractivity contribution in [3.63, 3.8) is 0 Å². The van der Waals surface area contributed by atoms with Crippen LogP contribution in [0.5, 0.6) is 0 Å². The Morgan fingerprint density at radius 2 is 1.00 bits per heavy atom. The number of hydrogen-bond donors (Lipinski definition) is 0. The van der Waals surface area contributed by atoms with Gasteiger partial charge in [0.1, 0.15) is 0 Å². The van der Waals surface area contributed by atoms with Crippen molar-refractivity contribution in [1.82, 2.24) is 9.13 Å². The van der Waals surface area contributed by atoms with Gasteiger partial charge >= 0.3 is 0 Å². The first-order chi connectivity index (χ1) is 19.4. The van der Waals surface area contributed by atoms with Crippen LogP contribution in [0, 0.1) is 0 Å². The molecule has 39 heavy (non-hydrogen) atoms. The molecule has 0 aliphatic heterocycles. The highest BCUT2D eigenvalue weighted by Gasteiger charge is 2.16. The molecule has 0 amide bonds. The Labute approximate surface area is 227 Å². The molecule has 0 saturated heterocycles. The average molecular weight is 501 g/mol. The molecule has 0 atom stereocenters. The third-order valence-corrected chi connectivity index (χ3v) is 8.21. The van der Waals surface area contributed by atoms with Gasteiger partial charge in [0.2, 0.25) is 0 Å². The molecule has 186 valence electrons. The fraction of sp³-hybridized carbons (Fsp3) is 0.0811. The smallest absolute Gasteiger partial charge is 0.0541 e. The minimum atomic E-state index is 1.05. The second-order valence-corrected chi connectivity index (χ2v) is 10.5. The summed E-state index contributed by atoms with van der Waals surface area (Å²) in [6, 6.07) is 44.1. The number of benzene rings is 5. The highest BCUT2D eigenvalue weighted by atomic mass is 15.0. The van der Waals surface area contributed by atoms with Crippen LogP contribution in [0.3, 0.4) is 0 Å². The van der Waals surface area contributed by atoms with Crippen LogP contribution in [0.4, 0.5) is 0 Å². The third-order valence-electron chi connectivity index (χ3n) is 8.21. The van der Waals surface area contributed by atoms with E-state index in [0.29, 0.717) is 0 Å². The summed E-state index contributed by atoms with van der Waals surface area (Å²) in [5, 5.41) is 5.22. The Balaban J connectivity index is 1.30. The molecule has 2 aromatic heterocycles. The number of aromatic nitrogens is 2. The van der Waals surface area contributed by atoms with Crippen LogP contribution < -0.4 is 0 Å². The summed E-state index contributed by atoms with van der Waals surface area (Å²) in [5.41, 5.74) is 10.2. The van der Waals surface area contributed by atoms with Gasteiger partial charge in [-0.05, 0) is 72.9 Å². The van der Waals surface area contributed by atoms with Crippen molar-refractivity contribution in [2.45, 2.75) is 19.3 Å². The molecule has 8 rings (SSSR count). The van der Waals surface area contributed by atoms with Crippen LogP contribution >= 0.6 is 0 Å². The van der Waals surface area contributed by atoms with E-state index in [9.17, 15) is 0 Å². The first-order valence-corrected chi connectivity index (χ1v) is 13.9. The Hall–Kier alpha value is -4.82. The SMILES string of the molecule is C1=C(c2cccc(-n3c4ccccc4c4ccccc43)c2)C=C(n2c3ccccc3c3ccccc32)CCC1. The summed E-state index contributed by atoms with van der Waals surface area (Å²) in [7, 11) is 0. The van der Waals surface area contributed by atoms with Gasteiger partial charge in [-0.1, -0.05) is 91.0 Å². The number of nitrogens with zero attached hydrogens (tertiary/aromatic N) is 2. The monoisotopic (exact) mass is 500 g/mol. The van der Waals surface area contributed by atoms with E-state index >= 15 is 0 Å². The van der Waals surface area contributed by atoms with E-state index in [-0.39, 0.29) is 0 Å². The summed E-state index contributed by atoms with van der Waals surface area (Å²) in [5.74, 6) is 0. The molecule has 1 aliphatic carbocycles. The summed E-state index contributed by atoms with van der Waals surface area (Å²) in [6.45, 7) is 0. The normalized spacial score (nSPS) is 14.2. The standard InChI is InChI=1S/C37H28N2/c1-2-14-28(38-34-20-7-3-16-30(34)31-17-4-8-21-35(31)38)24-26(12-1)27-13-11-15-29(25-27)39-36-22-9-5-18-32(36)33-19-6-10-23-37(33)39/h3-13,15-25H,1-2,14H2. The zero-order valence-electron chi connectivity index (χ0n) is 21.7. The van der Waals surface area contributed by atoms with Gasteiger partial charge in [0.25, 0.3) is 0 Å². The fourth-order valence-electron chi connectivity index (χ4n) is 6.49. The van der Waals surface area contributed by atoms with Crippen LogP contribution in [0.25, 0.3) is 60.6 Å². The summed E-state index contributed by atoms with van der Waals surface area (Å²) >= 11 is 0. The zero-order valence-corrected chi connectivity index (χ0v) is 21.7. The van der Waals surface area contributed by atoms with Crippen molar-refractivity contribution in [1.29, 1.82) is 0 Å². The number of allylic oxidation sites excluding steroid dienone is 4. The minimum absolute atomic E-state index is 1.05. The van der Waals surface area contributed by atoms with Crippen molar-refractivity contribution in [3.05, 3.63) is 139 Å². The maximum Gasteiger partial charge on any atom is 0.0541 e. The van der Waals surface area contributed by atoms with Crippen molar-refractivity contribution >= 4 is 54.9 Å². The van der Waals surface area contributed by atoms with Gasteiger partial charge in [-0.25, -0.2) is 0 Å². The first-order valence-electron chi connectivity index (χ1n) is 13.9. The Morgan fingerprint density at radius 1 is 0.487 bits per heavy atom. The molecule has 0 saturated carbocycles. The molecule has 2 nitrogen and oxygen atoms in total. The van der Waals surface area contributed by atoms with Crippen molar-refractivity contribution in [2.24, 2.45) is 0 Å². The van der Waals surface area contributed by atoms with Crippen LogP contribution in [0.15, 0.2) is 133 Å². The molecular weight excluding hydrogens is 472 g/mol. The molecule has 0 bridgehead atoms. The highest BCUT2D eigenvalue weighted by Crippen LogP contribution is 2.37. The number of hydrogen-bond acceptors (Lipinski definition) is 0. The molecule has 1 aliphatic rings. The quantitative estimate of drug-likeness (QED) is 0.228. The van der Waals surface area contributed by atoms with E-state index in [1.807, 2.05) is 0 Å². The number of rotatable bonds is 3. The summed E-state index contributed by atoms with van der Waals surface area (Å²) in [4.78, 5) is 0. The molecule has 2 heteroatoms. The van der Waals surface area contributed by atoms with Gasteiger partial charge in [0.05, 0.1) is 22.1 Å². The molecule has 2 heterocycles. The Kier molecular flexibility index (Phi) is 5.06. The van der Waals surface area contributed by atoms with Crippen molar-refractivity contribution < 1.29 is 0 Å². The zero-order chi connectivity index (χ0) is 25.8. The predicted octanol–water partition coefficient (Wildman–Crippen LogP) is 10.00. The van der Waals surface area contributed by atoms with Crippen LogP contribution in [0.1, 0.15) is 24.8 Å². The van der Waals surface area contributed by atoms with Gasteiger partial charge in [0.15, 0.2) is 0 Å². The number of para-hydroxylation sites is 4. The largest absolute Gasteiger partial charge is 0.313 e. The molecule has 0 spiro atoms. The van der Waals surface area contributed by atoms with E-state index in [2.05, 4.69) is 143 Å². The molecular formula is C37H28N2. The lowest BCUT2D eigenvalue weighted by molar-refractivity contribution is 0.860. The molecule has 7 aromatic rings. The average Bonchev–Trinajstić information content (AvgIpc) is 3.39. The summed E-state index contributed by atoms with van der Waals surface area (Å²) < 4.78 is 4.89. The molecule has 0 fully saturated rings. The molecule has 0 N–H and O–H groups in total. The second kappa shape index (κ2) is 8.89. The van der Waals surface area contributed by atoms with E-state index in [1.54, 1.807) is 0 Å². The van der Waals surface area contributed by atoms with Gasteiger partial charge in [-0.15, -0.1) is 0 Å². The Bertz CT molecular complexity index is 1990. The minimum Gasteiger partial charge on any atom is -0.313 e. The van der Waals surface area contributed by atoms with Crippen molar-refractivity contribution in [3.8, 4) is 5.69 Å². The van der Waals surface area contributed by atoms with Crippen molar-refractivity contribution in [2.75, 3.05) is 0 Å². The molecule has 0 radical (unpaired) electrons. The van der Waals surface area contributed by atoms with Gasteiger partial charge in [0, 0.05) is 32.9 Å². The van der Waals surface area contributed by atoms with Crippen LogP contribution in [0.2, 0.25) is 0 Å². The predicted molar refractivity (Wildman–Crippen MR) is 166 cm³/mol.